The van der Waals surface area contributed by atoms with Crippen LogP contribution in [0.2, 0.25) is 0 Å². The van der Waals surface area contributed by atoms with Crippen LogP contribution in [0.5, 0.6) is 0 Å². The fourth-order valence-electron chi connectivity index (χ4n) is 1.73. The van der Waals surface area contributed by atoms with E-state index in [9.17, 15) is 4.79 Å². The summed E-state index contributed by atoms with van der Waals surface area (Å²) in [5.41, 5.74) is 6.68. The van der Waals surface area contributed by atoms with Gasteiger partial charge in [-0.05, 0) is 26.2 Å². The number of carboxylic acids is 1. The van der Waals surface area contributed by atoms with Crippen molar-refractivity contribution in [2.24, 2.45) is 5.73 Å². The average molecular weight is 223 g/mol. The first kappa shape index (κ1) is 12.6. The minimum absolute atomic E-state index is 0.0700. The van der Waals surface area contributed by atoms with Gasteiger partial charge >= 0.3 is 5.97 Å². The number of nitrogens with zero attached hydrogens (tertiary/aromatic N) is 2. The fraction of sp³-hybridized carbons (Fsp3) is 0.455. The Labute approximate surface area is 94.9 Å². The Balaban J connectivity index is 2.87. The molecule has 0 aromatic carbocycles. The molecule has 0 spiro atoms. The Morgan fingerprint density at radius 2 is 2.25 bits per heavy atom. The Kier molecular flexibility index (Phi) is 4.39. The summed E-state index contributed by atoms with van der Waals surface area (Å²) in [7, 11) is 3.72. The first-order chi connectivity index (χ1) is 7.52. The summed E-state index contributed by atoms with van der Waals surface area (Å²) in [5, 5.41) is 8.74. The van der Waals surface area contributed by atoms with Crippen molar-refractivity contribution in [3.05, 3.63) is 30.1 Å². The van der Waals surface area contributed by atoms with Crippen LogP contribution >= 0.6 is 0 Å². The average Bonchev–Trinajstić information content (AvgIpc) is 2.17. The van der Waals surface area contributed by atoms with E-state index < -0.39 is 12.0 Å². The van der Waals surface area contributed by atoms with E-state index in [1.54, 1.807) is 6.20 Å². The summed E-state index contributed by atoms with van der Waals surface area (Å²) >= 11 is 0. The minimum atomic E-state index is -0.893. The number of pyridine rings is 1. The summed E-state index contributed by atoms with van der Waals surface area (Å²) in [4.78, 5) is 16.7. The molecule has 0 amide bonds. The highest BCUT2D eigenvalue weighted by Gasteiger charge is 2.24. The standard InChI is InChI=1S/C11H17N3O2/c1-14(2)11(8(12)7-10(15)16)9-5-3-4-6-13-9/h3-6,8,11H,7,12H2,1-2H3,(H,15,16). The summed E-state index contributed by atoms with van der Waals surface area (Å²) in [6.45, 7) is 0. The highest BCUT2D eigenvalue weighted by Crippen LogP contribution is 2.20. The van der Waals surface area contributed by atoms with Crippen LogP contribution in [0.15, 0.2) is 24.4 Å². The van der Waals surface area contributed by atoms with E-state index >= 15 is 0 Å². The zero-order chi connectivity index (χ0) is 12.1. The molecular weight excluding hydrogens is 206 g/mol. The predicted molar refractivity (Wildman–Crippen MR) is 60.9 cm³/mol. The molecule has 5 nitrogen and oxygen atoms in total. The Hall–Kier alpha value is -1.46. The number of aliphatic carboxylic acids is 1. The molecule has 0 aliphatic rings. The molecule has 2 unspecified atom stereocenters. The maximum Gasteiger partial charge on any atom is 0.304 e. The van der Waals surface area contributed by atoms with E-state index in [0.717, 1.165) is 5.69 Å². The first-order valence-electron chi connectivity index (χ1n) is 5.07. The molecule has 0 aliphatic carbocycles. The molecule has 16 heavy (non-hydrogen) atoms. The van der Waals surface area contributed by atoms with Crippen molar-refractivity contribution in [2.45, 2.75) is 18.5 Å². The van der Waals surface area contributed by atoms with E-state index in [0.29, 0.717) is 0 Å². The van der Waals surface area contributed by atoms with Gasteiger partial charge in [-0.1, -0.05) is 6.07 Å². The summed E-state index contributed by atoms with van der Waals surface area (Å²) in [6, 6.07) is 4.89. The van der Waals surface area contributed by atoms with Gasteiger partial charge in [0.15, 0.2) is 0 Å². The molecule has 2 atom stereocenters. The fourth-order valence-corrected chi connectivity index (χ4v) is 1.73. The van der Waals surface area contributed by atoms with E-state index in [-0.39, 0.29) is 12.5 Å². The second-order valence-electron chi connectivity index (χ2n) is 3.92. The zero-order valence-electron chi connectivity index (χ0n) is 9.50. The van der Waals surface area contributed by atoms with Crippen LogP contribution in [0.25, 0.3) is 0 Å². The Morgan fingerprint density at radius 3 is 2.69 bits per heavy atom. The van der Waals surface area contributed by atoms with Gasteiger partial charge in [0.2, 0.25) is 0 Å². The van der Waals surface area contributed by atoms with Gasteiger partial charge in [-0.2, -0.15) is 0 Å². The van der Waals surface area contributed by atoms with Crippen LogP contribution in [-0.2, 0) is 4.79 Å². The molecule has 88 valence electrons. The molecule has 0 saturated heterocycles. The topological polar surface area (TPSA) is 79.5 Å². The summed E-state index contributed by atoms with van der Waals surface area (Å²) in [6.07, 6.45) is 1.61. The van der Waals surface area contributed by atoms with E-state index in [1.165, 1.54) is 0 Å². The molecule has 0 aliphatic heterocycles. The summed E-state index contributed by atoms with van der Waals surface area (Å²) in [5.74, 6) is -0.893. The van der Waals surface area contributed by atoms with Crippen LogP contribution in [0, 0.1) is 0 Å². The number of carbonyl (C=O) groups is 1. The number of likely N-dealkylation sites (N-methyl/N-ethyl adjacent to an activating group) is 1. The van der Waals surface area contributed by atoms with Gasteiger partial charge in [0, 0.05) is 12.2 Å². The van der Waals surface area contributed by atoms with Gasteiger partial charge in [0.05, 0.1) is 18.2 Å². The number of aromatic nitrogens is 1. The van der Waals surface area contributed by atoms with Crippen LogP contribution in [-0.4, -0.2) is 41.1 Å². The monoisotopic (exact) mass is 223 g/mol. The molecule has 3 N–H and O–H groups in total. The first-order valence-corrected chi connectivity index (χ1v) is 5.07. The molecule has 1 aromatic rings. The molecule has 0 fully saturated rings. The molecule has 1 heterocycles. The largest absolute Gasteiger partial charge is 0.481 e. The summed E-state index contributed by atoms with van der Waals surface area (Å²) < 4.78 is 0. The third-order valence-corrected chi connectivity index (χ3v) is 2.36. The van der Waals surface area contributed by atoms with Crippen molar-refractivity contribution in [1.82, 2.24) is 9.88 Å². The third-order valence-electron chi connectivity index (χ3n) is 2.36. The van der Waals surface area contributed by atoms with Gasteiger partial charge in [-0.3, -0.25) is 14.7 Å². The predicted octanol–water partition coefficient (Wildman–Crippen LogP) is 0.486. The van der Waals surface area contributed by atoms with Crippen LogP contribution in [0.4, 0.5) is 0 Å². The van der Waals surface area contributed by atoms with E-state index in [4.69, 9.17) is 10.8 Å². The van der Waals surface area contributed by atoms with Crippen molar-refractivity contribution in [1.29, 1.82) is 0 Å². The number of rotatable bonds is 5. The van der Waals surface area contributed by atoms with Gasteiger partial charge in [-0.15, -0.1) is 0 Å². The van der Waals surface area contributed by atoms with Crippen molar-refractivity contribution < 1.29 is 9.90 Å². The number of hydrogen-bond donors (Lipinski definition) is 2. The van der Waals surface area contributed by atoms with E-state index in [2.05, 4.69) is 4.98 Å². The number of hydrogen-bond acceptors (Lipinski definition) is 4. The molecule has 0 saturated carbocycles. The van der Waals surface area contributed by atoms with Gasteiger partial charge in [0.1, 0.15) is 0 Å². The Morgan fingerprint density at radius 1 is 1.56 bits per heavy atom. The van der Waals surface area contributed by atoms with Crippen LogP contribution < -0.4 is 5.73 Å². The molecule has 0 bridgehead atoms. The quantitative estimate of drug-likeness (QED) is 0.759. The second kappa shape index (κ2) is 5.58. The molecule has 1 rings (SSSR count). The second-order valence-corrected chi connectivity index (χ2v) is 3.92. The molecule has 0 radical (unpaired) electrons. The van der Waals surface area contributed by atoms with Crippen molar-refractivity contribution in [3.63, 3.8) is 0 Å². The van der Waals surface area contributed by atoms with Gasteiger partial charge in [0.25, 0.3) is 0 Å². The molecular formula is C11H17N3O2. The smallest absolute Gasteiger partial charge is 0.304 e. The molecule has 5 heteroatoms. The van der Waals surface area contributed by atoms with Crippen LogP contribution in [0.3, 0.4) is 0 Å². The van der Waals surface area contributed by atoms with Gasteiger partial charge < -0.3 is 10.8 Å². The lowest BCUT2D eigenvalue weighted by Gasteiger charge is -2.28. The van der Waals surface area contributed by atoms with E-state index in [1.807, 2.05) is 37.2 Å². The van der Waals surface area contributed by atoms with Crippen LogP contribution in [0.1, 0.15) is 18.2 Å². The zero-order valence-corrected chi connectivity index (χ0v) is 9.50. The Bertz CT molecular complexity index is 340. The maximum absolute atomic E-state index is 10.6. The third kappa shape index (κ3) is 3.29. The molecule has 1 aromatic heterocycles. The lowest BCUT2D eigenvalue weighted by molar-refractivity contribution is -0.137. The lowest BCUT2D eigenvalue weighted by atomic mass is 10.0. The SMILES string of the molecule is CN(C)C(c1ccccn1)C(N)CC(=O)O. The van der Waals surface area contributed by atoms with Crippen molar-refractivity contribution in [3.8, 4) is 0 Å². The highest BCUT2D eigenvalue weighted by molar-refractivity contribution is 5.67. The minimum Gasteiger partial charge on any atom is -0.481 e. The van der Waals surface area contributed by atoms with Gasteiger partial charge in [-0.25, -0.2) is 0 Å². The number of carboxylic acid groups (broad SMARTS) is 1. The maximum atomic E-state index is 10.6. The lowest BCUT2D eigenvalue weighted by Crippen LogP contribution is -2.39. The highest BCUT2D eigenvalue weighted by atomic mass is 16.4. The van der Waals surface area contributed by atoms with Crippen molar-refractivity contribution >= 4 is 5.97 Å². The van der Waals surface area contributed by atoms with Crippen molar-refractivity contribution in [2.75, 3.05) is 14.1 Å². The number of nitrogens with two attached hydrogens (primary N) is 1. The normalized spacial score (nSPS) is 14.8.